The molecular weight excluding hydrogens is 447 g/mol. The van der Waals surface area contributed by atoms with Crippen LogP contribution in [0.15, 0.2) is 46.3 Å². The van der Waals surface area contributed by atoms with Gasteiger partial charge in [-0.3, -0.25) is 14.5 Å². The number of hydrogen-bond acceptors (Lipinski definition) is 4. The normalized spacial score (nSPS) is 14.9. The Labute approximate surface area is 170 Å². The molecule has 1 saturated heterocycles. The predicted molar refractivity (Wildman–Crippen MR) is 110 cm³/mol. The first-order valence-electron chi connectivity index (χ1n) is 8.54. The van der Waals surface area contributed by atoms with E-state index in [2.05, 4.69) is 20.3 Å². The molecule has 1 aliphatic rings. The Morgan fingerprint density at radius 3 is 2.65 bits per heavy atom. The number of halogens is 1. The van der Waals surface area contributed by atoms with Crippen LogP contribution in [0.2, 0.25) is 0 Å². The van der Waals surface area contributed by atoms with E-state index in [1.54, 1.807) is 25.4 Å². The molecule has 1 fully saturated rings. The largest absolute Gasteiger partial charge is 0.459 e. The van der Waals surface area contributed by atoms with Gasteiger partial charge in [-0.2, -0.15) is 5.10 Å². The number of aryl methyl sites for hydroxylation is 1. The molecule has 0 aliphatic carbocycles. The Balaban J connectivity index is 0.00000243. The zero-order valence-electron chi connectivity index (χ0n) is 14.9. The van der Waals surface area contributed by atoms with Crippen molar-refractivity contribution in [3.8, 4) is 0 Å². The summed E-state index contributed by atoms with van der Waals surface area (Å²) in [6, 6.07) is 5.36. The van der Waals surface area contributed by atoms with E-state index in [1.165, 1.54) is 6.26 Å². The number of amides is 1. The summed E-state index contributed by atoms with van der Waals surface area (Å²) in [5.41, 5.74) is 0. The first-order valence-corrected chi connectivity index (χ1v) is 8.54. The molecule has 0 saturated carbocycles. The molecule has 1 aliphatic heterocycles. The van der Waals surface area contributed by atoms with Crippen molar-refractivity contribution in [1.29, 1.82) is 0 Å². The number of carbonyl (C=O) groups excluding carboxylic acids is 1. The van der Waals surface area contributed by atoms with Gasteiger partial charge in [-0.25, -0.2) is 0 Å². The first kappa shape index (κ1) is 20.3. The Bertz CT molecular complexity index is 678. The topological polar surface area (TPSA) is 78.9 Å². The van der Waals surface area contributed by atoms with E-state index in [0.29, 0.717) is 18.8 Å². The summed E-state index contributed by atoms with van der Waals surface area (Å²) in [7, 11) is 1.79. The van der Waals surface area contributed by atoms with Gasteiger partial charge in [-0.1, -0.05) is 0 Å². The highest BCUT2D eigenvalue weighted by Crippen LogP contribution is 2.09. The van der Waals surface area contributed by atoms with Crippen LogP contribution in [0.25, 0.3) is 0 Å². The van der Waals surface area contributed by atoms with E-state index in [-0.39, 0.29) is 29.9 Å². The lowest BCUT2D eigenvalue weighted by atomic mass is 10.3. The molecule has 142 valence electrons. The number of guanidine groups is 1. The molecule has 3 heterocycles. The Morgan fingerprint density at radius 1 is 1.27 bits per heavy atom. The number of furan rings is 1. The lowest BCUT2D eigenvalue weighted by molar-refractivity contribution is 0.0657. The van der Waals surface area contributed by atoms with Crippen LogP contribution in [0.4, 0.5) is 0 Å². The quantitative estimate of drug-likeness (QED) is 0.309. The first-order chi connectivity index (χ1) is 12.3. The van der Waals surface area contributed by atoms with Crippen molar-refractivity contribution in [2.75, 3.05) is 39.8 Å². The van der Waals surface area contributed by atoms with Gasteiger partial charge < -0.3 is 19.5 Å². The fraction of sp³-hybridized carbons (Fsp3) is 0.471. The molecule has 2 aromatic heterocycles. The second kappa shape index (κ2) is 10.2. The molecule has 1 amide bonds. The van der Waals surface area contributed by atoms with Crippen molar-refractivity contribution < 1.29 is 9.21 Å². The van der Waals surface area contributed by atoms with Crippen molar-refractivity contribution in [3.05, 3.63) is 42.6 Å². The van der Waals surface area contributed by atoms with Crippen LogP contribution < -0.4 is 5.32 Å². The van der Waals surface area contributed by atoms with Crippen molar-refractivity contribution in [2.24, 2.45) is 4.99 Å². The van der Waals surface area contributed by atoms with E-state index in [9.17, 15) is 4.79 Å². The standard InChI is InChI=1S/C17H24N6O2.HI/c1-18-17(19-6-3-8-23-9-4-7-20-23)22-12-10-21(11-13-22)16(24)15-5-2-14-25-15;/h2,4-5,7,9,14H,3,6,8,10-13H2,1H3,(H,18,19);1H. The summed E-state index contributed by atoms with van der Waals surface area (Å²) in [5, 5.41) is 7.58. The van der Waals surface area contributed by atoms with Crippen molar-refractivity contribution >= 4 is 35.8 Å². The number of nitrogens with one attached hydrogen (secondary N) is 1. The van der Waals surface area contributed by atoms with Gasteiger partial charge in [0.05, 0.1) is 6.26 Å². The summed E-state index contributed by atoms with van der Waals surface area (Å²) in [4.78, 5) is 20.6. The Hall–Kier alpha value is -2.04. The highest BCUT2D eigenvalue weighted by atomic mass is 127. The zero-order chi connectivity index (χ0) is 17.5. The molecule has 3 rings (SSSR count). The molecule has 1 N–H and O–H groups in total. The number of hydrogen-bond donors (Lipinski definition) is 1. The minimum atomic E-state index is -0.0492. The fourth-order valence-electron chi connectivity index (χ4n) is 2.88. The summed E-state index contributed by atoms with van der Waals surface area (Å²) in [5.74, 6) is 1.23. The third-order valence-corrected chi connectivity index (χ3v) is 4.22. The minimum absolute atomic E-state index is 0. The third-order valence-electron chi connectivity index (χ3n) is 4.22. The van der Waals surface area contributed by atoms with Crippen LogP contribution in [-0.4, -0.2) is 71.2 Å². The molecule has 8 nitrogen and oxygen atoms in total. The maximum atomic E-state index is 12.3. The van der Waals surface area contributed by atoms with Crippen LogP contribution in [0.3, 0.4) is 0 Å². The lowest BCUT2D eigenvalue weighted by Crippen LogP contribution is -2.53. The maximum absolute atomic E-state index is 12.3. The summed E-state index contributed by atoms with van der Waals surface area (Å²) < 4.78 is 7.11. The zero-order valence-corrected chi connectivity index (χ0v) is 17.2. The highest BCUT2D eigenvalue weighted by molar-refractivity contribution is 14.0. The molecule has 0 spiro atoms. The van der Waals surface area contributed by atoms with E-state index >= 15 is 0 Å². The highest BCUT2D eigenvalue weighted by Gasteiger charge is 2.24. The molecule has 0 aromatic carbocycles. The minimum Gasteiger partial charge on any atom is -0.459 e. The van der Waals surface area contributed by atoms with E-state index < -0.39 is 0 Å². The fourth-order valence-corrected chi connectivity index (χ4v) is 2.88. The smallest absolute Gasteiger partial charge is 0.289 e. The van der Waals surface area contributed by atoms with Crippen LogP contribution in [0, 0.1) is 0 Å². The van der Waals surface area contributed by atoms with Gasteiger partial charge in [0, 0.05) is 58.7 Å². The summed E-state index contributed by atoms with van der Waals surface area (Å²) >= 11 is 0. The number of aromatic nitrogens is 2. The molecular formula is C17H25IN6O2. The number of nitrogens with zero attached hydrogens (tertiary/aromatic N) is 5. The van der Waals surface area contributed by atoms with Gasteiger partial charge in [-0.05, 0) is 24.6 Å². The van der Waals surface area contributed by atoms with Crippen molar-refractivity contribution in [2.45, 2.75) is 13.0 Å². The van der Waals surface area contributed by atoms with Crippen molar-refractivity contribution in [3.63, 3.8) is 0 Å². The number of piperazine rings is 1. The van der Waals surface area contributed by atoms with Crippen LogP contribution in [-0.2, 0) is 6.54 Å². The van der Waals surface area contributed by atoms with E-state index in [1.807, 2.05) is 21.8 Å². The molecule has 0 bridgehead atoms. The predicted octanol–water partition coefficient (Wildman–Crippen LogP) is 1.52. The van der Waals surface area contributed by atoms with Gasteiger partial charge >= 0.3 is 0 Å². The van der Waals surface area contributed by atoms with E-state index in [4.69, 9.17) is 4.42 Å². The van der Waals surface area contributed by atoms with Crippen molar-refractivity contribution in [1.82, 2.24) is 24.9 Å². The Kier molecular flexibility index (Phi) is 7.95. The molecule has 0 radical (unpaired) electrons. The SMILES string of the molecule is CN=C(NCCCn1cccn1)N1CCN(C(=O)c2ccco2)CC1.I. The monoisotopic (exact) mass is 472 g/mol. The molecule has 2 aromatic rings. The second-order valence-electron chi connectivity index (χ2n) is 5.85. The van der Waals surface area contributed by atoms with Crippen LogP contribution in [0.1, 0.15) is 17.0 Å². The second-order valence-corrected chi connectivity index (χ2v) is 5.85. The van der Waals surface area contributed by atoms with Gasteiger partial charge in [0.15, 0.2) is 11.7 Å². The Morgan fingerprint density at radius 2 is 2.04 bits per heavy atom. The molecule has 9 heteroatoms. The van der Waals surface area contributed by atoms with Gasteiger partial charge in [0.2, 0.25) is 0 Å². The third kappa shape index (κ3) is 5.23. The molecule has 0 atom stereocenters. The van der Waals surface area contributed by atoms with Crippen LogP contribution in [0.5, 0.6) is 0 Å². The van der Waals surface area contributed by atoms with Gasteiger partial charge in [0.25, 0.3) is 5.91 Å². The lowest BCUT2D eigenvalue weighted by Gasteiger charge is -2.36. The summed E-state index contributed by atoms with van der Waals surface area (Å²) in [6.07, 6.45) is 6.25. The average Bonchev–Trinajstić information content (AvgIpc) is 3.35. The average molecular weight is 472 g/mol. The molecule has 0 unspecified atom stereocenters. The van der Waals surface area contributed by atoms with Crippen LogP contribution >= 0.6 is 24.0 Å². The number of aliphatic imine (C=N–C) groups is 1. The summed E-state index contributed by atoms with van der Waals surface area (Å²) in [6.45, 7) is 4.54. The van der Waals surface area contributed by atoms with Gasteiger partial charge in [0.1, 0.15) is 0 Å². The van der Waals surface area contributed by atoms with Gasteiger partial charge in [-0.15, -0.1) is 24.0 Å². The van der Waals surface area contributed by atoms with E-state index in [0.717, 1.165) is 38.6 Å². The number of carbonyl (C=O) groups is 1. The molecule has 26 heavy (non-hydrogen) atoms. The number of rotatable bonds is 5. The maximum Gasteiger partial charge on any atom is 0.289 e.